The standard InChI is InChI=1S/C21H17N3O5/c1-28-15-6-7-16-14(9-19(25)29-18(16)10-15)8-17(20(23)26)24-21(27)13-4-2-12(11-22)3-5-13/h2-7,9-10,17H,8H2,1H3,(H2,23,26)(H,24,27)/t17-/m0/s1. The molecule has 1 aromatic heterocycles. The highest BCUT2D eigenvalue weighted by Crippen LogP contribution is 2.23. The first kappa shape index (κ1) is 19.6. The normalized spacial score (nSPS) is 11.4. The Morgan fingerprint density at radius 1 is 1.21 bits per heavy atom. The fraction of sp³-hybridized carbons (Fsp3) is 0.143. The minimum Gasteiger partial charge on any atom is -0.497 e. The van der Waals surface area contributed by atoms with Gasteiger partial charge in [0, 0.05) is 29.5 Å². The lowest BCUT2D eigenvalue weighted by molar-refractivity contribution is -0.119. The largest absolute Gasteiger partial charge is 0.497 e. The molecule has 1 atom stereocenters. The Labute approximate surface area is 165 Å². The quantitative estimate of drug-likeness (QED) is 0.611. The molecule has 8 heteroatoms. The van der Waals surface area contributed by atoms with Gasteiger partial charge in [0.15, 0.2) is 0 Å². The SMILES string of the molecule is COc1ccc2c(C[C@H](NC(=O)c3ccc(C#N)cc3)C(N)=O)cc(=O)oc2c1. The van der Waals surface area contributed by atoms with E-state index in [1.54, 1.807) is 18.2 Å². The molecule has 2 amide bonds. The fourth-order valence-electron chi connectivity index (χ4n) is 2.89. The lowest BCUT2D eigenvalue weighted by Crippen LogP contribution is -2.46. The molecule has 8 nitrogen and oxygen atoms in total. The summed E-state index contributed by atoms with van der Waals surface area (Å²) in [6.07, 6.45) is 0.00574. The highest BCUT2D eigenvalue weighted by atomic mass is 16.5. The van der Waals surface area contributed by atoms with E-state index in [-0.39, 0.29) is 12.0 Å². The van der Waals surface area contributed by atoms with Crippen LogP contribution < -0.4 is 21.4 Å². The zero-order chi connectivity index (χ0) is 21.0. The van der Waals surface area contributed by atoms with Crippen molar-refractivity contribution in [2.75, 3.05) is 7.11 Å². The molecule has 0 aliphatic rings. The maximum absolute atomic E-state index is 12.5. The predicted molar refractivity (Wildman–Crippen MR) is 104 cm³/mol. The van der Waals surface area contributed by atoms with E-state index >= 15 is 0 Å². The van der Waals surface area contributed by atoms with E-state index < -0.39 is 23.5 Å². The lowest BCUT2D eigenvalue weighted by atomic mass is 10.0. The highest BCUT2D eigenvalue weighted by Gasteiger charge is 2.21. The van der Waals surface area contributed by atoms with Crippen LogP contribution in [0.2, 0.25) is 0 Å². The summed E-state index contributed by atoms with van der Waals surface area (Å²) < 4.78 is 10.3. The molecule has 0 fully saturated rings. The molecular formula is C21H17N3O5. The summed E-state index contributed by atoms with van der Waals surface area (Å²) in [4.78, 5) is 36.3. The van der Waals surface area contributed by atoms with Crippen molar-refractivity contribution in [3.05, 3.63) is 75.6 Å². The van der Waals surface area contributed by atoms with Crippen molar-refractivity contribution in [2.45, 2.75) is 12.5 Å². The summed E-state index contributed by atoms with van der Waals surface area (Å²) >= 11 is 0. The zero-order valence-electron chi connectivity index (χ0n) is 15.5. The summed E-state index contributed by atoms with van der Waals surface area (Å²) in [7, 11) is 1.49. The van der Waals surface area contributed by atoms with Gasteiger partial charge in [0.1, 0.15) is 17.4 Å². The molecule has 0 spiro atoms. The molecule has 0 aliphatic heterocycles. The third-order valence-electron chi connectivity index (χ3n) is 4.39. The molecule has 0 bridgehead atoms. The zero-order valence-corrected chi connectivity index (χ0v) is 15.5. The van der Waals surface area contributed by atoms with Gasteiger partial charge in [0.2, 0.25) is 5.91 Å². The number of fused-ring (bicyclic) bond motifs is 1. The van der Waals surface area contributed by atoms with Crippen LogP contribution in [0, 0.1) is 11.3 Å². The minimum absolute atomic E-state index is 0.00574. The number of ether oxygens (including phenoxy) is 1. The first-order chi connectivity index (χ1) is 13.9. The third kappa shape index (κ3) is 4.42. The molecule has 146 valence electrons. The average Bonchev–Trinajstić information content (AvgIpc) is 2.72. The molecule has 1 heterocycles. The van der Waals surface area contributed by atoms with Gasteiger partial charge in [-0.2, -0.15) is 5.26 Å². The van der Waals surface area contributed by atoms with Crippen LogP contribution >= 0.6 is 0 Å². The Kier molecular flexibility index (Phi) is 5.60. The second-order valence-corrected chi connectivity index (χ2v) is 6.27. The van der Waals surface area contributed by atoms with Crippen LogP contribution in [0.4, 0.5) is 0 Å². The summed E-state index contributed by atoms with van der Waals surface area (Å²) in [5, 5.41) is 12.0. The smallest absolute Gasteiger partial charge is 0.336 e. The van der Waals surface area contributed by atoms with Gasteiger partial charge in [-0.25, -0.2) is 4.79 Å². The molecule has 0 aliphatic carbocycles. The van der Waals surface area contributed by atoms with E-state index in [1.165, 1.54) is 37.4 Å². The van der Waals surface area contributed by atoms with Gasteiger partial charge in [-0.1, -0.05) is 0 Å². The number of nitrogens with zero attached hydrogens (tertiary/aromatic N) is 1. The number of hydrogen-bond donors (Lipinski definition) is 2. The Bertz CT molecular complexity index is 1180. The third-order valence-corrected chi connectivity index (χ3v) is 4.39. The summed E-state index contributed by atoms with van der Waals surface area (Å²) in [6, 6.07) is 13.1. The number of hydrogen-bond acceptors (Lipinski definition) is 6. The number of nitrogens with two attached hydrogens (primary N) is 1. The van der Waals surface area contributed by atoms with Gasteiger partial charge >= 0.3 is 5.63 Å². The maximum Gasteiger partial charge on any atom is 0.336 e. The van der Waals surface area contributed by atoms with E-state index in [1.807, 2.05) is 6.07 Å². The number of amides is 2. The Morgan fingerprint density at radius 2 is 1.93 bits per heavy atom. The first-order valence-corrected chi connectivity index (χ1v) is 8.62. The Morgan fingerprint density at radius 3 is 2.55 bits per heavy atom. The van der Waals surface area contributed by atoms with Crippen LogP contribution in [-0.4, -0.2) is 25.0 Å². The van der Waals surface area contributed by atoms with Gasteiger partial charge < -0.3 is 20.2 Å². The molecular weight excluding hydrogens is 374 g/mol. The van der Waals surface area contributed by atoms with Gasteiger partial charge in [-0.3, -0.25) is 9.59 Å². The van der Waals surface area contributed by atoms with E-state index in [0.717, 1.165) is 0 Å². The molecule has 29 heavy (non-hydrogen) atoms. The van der Waals surface area contributed by atoms with Crippen LogP contribution in [0.5, 0.6) is 5.75 Å². The Balaban J connectivity index is 1.89. The van der Waals surface area contributed by atoms with E-state index in [0.29, 0.717) is 27.8 Å². The van der Waals surface area contributed by atoms with Crippen LogP contribution in [0.1, 0.15) is 21.5 Å². The predicted octanol–water partition coefficient (Wildman–Crippen LogP) is 1.50. The molecule has 3 aromatic rings. The van der Waals surface area contributed by atoms with Gasteiger partial charge in [-0.05, 0) is 42.0 Å². The molecule has 0 unspecified atom stereocenters. The van der Waals surface area contributed by atoms with Crippen molar-refractivity contribution < 1.29 is 18.7 Å². The second-order valence-electron chi connectivity index (χ2n) is 6.27. The average molecular weight is 391 g/mol. The van der Waals surface area contributed by atoms with Crippen molar-refractivity contribution in [2.24, 2.45) is 5.73 Å². The van der Waals surface area contributed by atoms with Crippen LogP contribution in [0.25, 0.3) is 11.0 Å². The van der Waals surface area contributed by atoms with Crippen molar-refractivity contribution in [1.82, 2.24) is 5.32 Å². The number of carbonyl (C=O) groups is 2. The monoisotopic (exact) mass is 391 g/mol. The minimum atomic E-state index is -1.05. The van der Waals surface area contributed by atoms with Crippen LogP contribution in [-0.2, 0) is 11.2 Å². The highest BCUT2D eigenvalue weighted by molar-refractivity contribution is 5.97. The van der Waals surface area contributed by atoms with Crippen molar-refractivity contribution in [1.29, 1.82) is 5.26 Å². The topological polar surface area (TPSA) is 135 Å². The first-order valence-electron chi connectivity index (χ1n) is 8.62. The van der Waals surface area contributed by atoms with Gasteiger partial charge in [0.25, 0.3) is 5.91 Å². The molecule has 2 aromatic carbocycles. The number of nitriles is 1. The number of methoxy groups -OCH3 is 1. The summed E-state index contributed by atoms with van der Waals surface area (Å²) in [6.45, 7) is 0. The van der Waals surface area contributed by atoms with Crippen LogP contribution in [0.15, 0.2) is 57.7 Å². The fourth-order valence-corrected chi connectivity index (χ4v) is 2.89. The van der Waals surface area contributed by atoms with Crippen molar-refractivity contribution >= 4 is 22.8 Å². The molecule has 3 rings (SSSR count). The number of carbonyl (C=O) groups excluding carboxylic acids is 2. The molecule has 0 radical (unpaired) electrons. The lowest BCUT2D eigenvalue weighted by Gasteiger charge is -2.16. The van der Waals surface area contributed by atoms with Crippen molar-refractivity contribution in [3.8, 4) is 11.8 Å². The van der Waals surface area contributed by atoms with Gasteiger partial charge in [-0.15, -0.1) is 0 Å². The number of nitrogens with one attached hydrogen (secondary N) is 1. The van der Waals surface area contributed by atoms with Crippen molar-refractivity contribution in [3.63, 3.8) is 0 Å². The van der Waals surface area contributed by atoms with E-state index in [4.69, 9.17) is 20.1 Å². The summed E-state index contributed by atoms with van der Waals surface area (Å²) in [5.41, 5.74) is 6.36. The molecule has 0 saturated carbocycles. The maximum atomic E-state index is 12.5. The summed E-state index contributed by atoms with van der Waals surface area (Å²) in [5.74, 6) is -0.757. The van der Waals surface area contributed by atoms with E-state index in [9.17, 15) is 14.4 Å². The van der Waals surface area contributed by atoms with Gasteiger partial charge in [0.05, 0.1) is 18.7 Å². The Hall–Kier alpha value is -4.12. The van der Waals surface area contributed by atoms with E-state index in [2.05, 4.69) is 5.32 Å². The number of rotatable bonds is 6. The second kappa shape index (κ2) is 8.27. The molecule has 0 saturated heterocycles. The molecule has 3 N–H and O–H groups in total. The number of primary amides is 1. The van der Waals surface area contributed by atoms with Crippen LogP contribution in [0.3, 0.4) is 0 Å². The number of benzene rings is 2.